The van der Waals surface area contributed by atoms with Crippen LogP contribution >= 0.6 is 0 Å². The Bertz CT molecular complexity index is 228. The lowest BCUT2D eigenvalue weighted by molar-refractivity contribution is -0.131. The zero-order valence-electron chi connectivity index (χ0n) is 11.0. The number of nitrogens with two attached hydrogens (primary N) is 1. The van der Waals surface area contributed by atoms with Gasteiger partial charge >= 0.3 is 0 Å². The molecule has 0 aromatic rings. The van der Waals surface area contributed by atoms with E-state index < -0.39 is 0 Å². The Balaban J connectivity index is 3.57. The number of nitrogens with zero attached hydrogens (tertiary/aromatic N) is 1. The van der Waals surface area contributed by atoms with E-state index in [2.05, 4.69) is 5.32 Å². The molecule has 0 aromatic heterocycles. The highest BCUT2D eigenvalue weighted by molar-refractivity contribution is 5.77. The van der Waals surface area contributed by atoms with Crippen LogP contribution in [0.5, 0.6) is 0 Å². The Hall–Kier alpha value is -1.10. The van der Waals surface area contributed by atoms with Gasteiger partial charge in [-0.1, -0.05) is 0 Å². The molecule has 0 saturated carbocycles. The summed E-state index contributed by atoms with van der Waals surface area (Å²) in [5, 5.41) is 2.78. The Kier molecular flexibility index (Phi) is 9.43. The summed E-state index contributed by atoms with van der Waals surface area (Å²) in [6.45, 7) is 6.53. The third kappa shape index (κ3) is 7.74. The summed E-state index contributed by atoms with van der Waals surface area (Å²) in [7, 11) is 0. The van der Waals surface area contributed by atoms with E-state index in [4.69, 9.17) is 5.73 Å². The summed E-state index contributed by atoms with van der Waals surface area (Å²) in [6.07, 6.45) is 2.38. The monoisotopic (exact) mass is 243 g/mol. The topological polar surface area (TPSA) is 75.4 Å². The number of carbonyl (C=O) groups is 2. The maximum Gasteiger partial charge on any atom is 0.222 e. The van der Waals surface area contributed by atoms with Gasteiger partial charge < -0.3 is 16.0 Å². The average molecular weight is 243 g/mol. The minimum atomic E-state index is 0.0192. The Labute approximate surface area is 104 Å². The van der Waals surface area contributed by atoms with Gasteiger partial charge in [-0.05, 0) is 33.2 Å². The fourth-order valence-electron chi connectivity index (χ4n) is 1.55. The number of hydrogen-bond acceptors (Lipinski definition) is 3. The van der Waals surface area contributed by atoms with Crippen molar-refractivity contribution in [1.82, 2.24) is 10.2 Å². The number of rotatable bonds is 9. The second-order valence-electron chi connectivity index (χ2n) is 3.91. The van der Waals surface area contributed by atoms with Crippen LogP contribution in [-0.4, -0.2) is 42.9 Å². The predicted octanol–water partition coefficient (Wildman–Crippen LogP) is 0.490. The second kappa shape index (κ2) is 10.1. The first-order valence-electron chi connectivity index (χ1n) is 6.40. The van der Waals surface area contributed by atoms with Gasteiger partial charge in [-0.3, -0.25) is 9.59 Å². The Morgan fingerprint density at radius 1 is 1.12 bits per heavy atom. The zero-order chi connectivity index (χ0) is 13.1. The molecule has 5 heteroatoms. The lowest BCUT2D eigenvalue weighted by Gasteiger charge is -2.18. The molecule has 0 radical (unpaired) electrons. The largest absolute Gasteiger partial charge is 0.356 e. The molecule has 2 amide bonds. The molecule has 0 aliphatic carbocycles. The van der Waals surface area contributed by atoms with Crippen molar-refractivity contribution < 1.29 is 9.59 Å². The van der Waals surface area contributed by atoms with Gasteiger partial charge in [0.05, 0.1) is 0 Å². The molecule has 0 aliphatic rings. The third-order valence-electron chi connectivity index (χ3n) is 2.61. The van der Waals surface area contributed by atoms with Crippen LogP contribution in [0.25, 0.3) is 0 Å². The maximum absolute atomic E-state index is 11.6. The molecule has 0 fully saturated rings. The minimum absolute atomic E-state index is 0.0192. The van der Waals surface area contributed by atoms with E-state index in [1.165, 1.54) is 0 Å². The molecule has 0 saturated heterocycles. The minimum Gasteiger partial charge on any atom is -0.356 e. The highest BCUT2D eigenvalue weighted by Crippen LogP contribution is 1.97. The van der Waals surface area contributed by atoms with Crippen LogP contribution in [0.3, 0.4) is 0 Å². The van der Waals surface area contributed by atoms with E-state index in [1.54, 1.807) is 4.90 Å². The predicted molar refractivity (Wildman–Crippen MR) is 68.5 cm³/mol. The van der Waals surface area contributed by atoms with Gasteiger partial charge in [0.25, 0.3) is 0 Å². The molecule has 3 N–H and O–H groups in total. The zero-order valence-corrected chi connectivity index (χ0v) is 11.0. The van der Waals surface area contributed by atoms with E-state index in [9.17, 15) is 9.59 Å². The lowest BCUT2D eigenvalue weighted by Crippen LogP contribution is -2.31. The maximum atomic E-state index is 11.6. The van der Waals surface area contributed by atoms with Crippen molar-refractivity contribution in [3.8, 4) is 0 Å². The molecule has 0 aliphatic heterocycles. The van der Waals surface area contributed by atoms with E-state index in [1.807, 2.05) is 13.8 Å². The van der Waals surface area contributed by atoms with Crippen LogP contribution in [0, 0.1) is 0 Å². The molecule has 0 aromatic carbocycles. The highest BCUT2D eigenvalue weighted by Gasteiger charge is 2.08. The Morgan fingerprint density at radius 2 is 1.76 bits per heavy atom. The number of carbonyl (C=O) groups excluding carboxylic acids is 2. The quantitative estimate of drug-likeness (QED) is 0.579. The summed E-state index contributed by atoms with van der Waals surface area (Å²) in [5.74, 6) is 0.178. The molecular formula is C12H25N3O2. The van der Waals surface area contributed by atoms with Crippen LogP contribution in [-0.2, 0) is 9.59 Å². The van der Waals surface area contributed by atoms with E-state index in [-0.39, 0.29) is 11.8 Å². The number of amides is 2. The van der Waals surface area contributed by atoms with Crippen molar-refractivity contribution in [3.63, 3.8) is 0 Å². The van der Waals surface area contributed by atoms with E-state index in [0.29, 0.717) is 38.8 Å². The smallest absolute Gasteiger partial charge is 0.222 e. The molecule has 0 rings (SSSR count). The summed E-state index contributed by atoms with van der Waals surface area (Å²) in [4.78, 5) is 24.7. The molecule has 100 valence electrons. The van der Waals surface area contributed by atoms with Gasteiger partial charge in [0, 0.05) is 32.5 Å². The summed E-state index contributed by atoms with van der Waals surface area (Å²) in [6, 6.07) is 0. The molecule has 0 unspecified atom stereocenters. The molecular weight excluding hydrogens is 218 g/mol. The first kappa shape index (κ1) is 15.9. The molecule has 0 bridgehead atoms. The normalized spacial score (nSPS) is 10.1. The van der Waals surface area contributed by atoms with Gasteiger partial charge in [0.15, 0.2) is 0 Å². The summed E-state index contributed by atoms with van der Waals surface area (Å²) in [5.41, 5.74) is 5.31. The first-order valence-corrected chi connectivity index (χ1v) is 6.40. The van der Waals surface area contributed by atoms with Crippen LogP contribution in [0.1, 0.15) is 39.5 Å². The van der Waals surface area contributed by atoms with Crippen molar-refractivity contribution in [2.24, 2.45) is 5.73 Å². The van der Waals surface area contributed by atoms with E-state index >= 15 is 0 Å². The Morgan fingerprint density at radius 3 is 2.29 bits per heavy atom. The van der Waals surface area contributed by atoms with Crippen molar-refractivity contribution in [2.45, 2.75) is 39.5 Å². The second-order valence-corrected chi connectivity index (χ2v) is 3.91. The number of nitrogens with one attached hydrogen (secondary N) is 1. The number of hydrogen-bond donors (Lipinski definition) is 2. The lowest BCUT2D eigenvalue weighted by atomic mass is 10.2. The van der Waals surface area contributed by atoms with Gasteiger partial charge in [-0.15, -0.1) is 0 Å². The van der Waals surface area contributed by atoms with Crippen LogP contribution in [0.2, 0.25) is 0 Å². The van der Waals surface area contributed by atoms with Crippen molar-refractivity contribution in [2.75, 3.05) is 26.2 Å². The standard InChI is InChI=1S/C12H25N3O2/c1-3-15(4-2)12(17)8-6-10-14-11(16)7-5-9-13/h3-10,13H2,1-2H3,(H,14,16). The van der Waals surface area contributed by atoms with Gasteiger partial charge in [-0.25, -0.2) is 0 Å². The summed E-state index contributed by atoms with van der Waals surface area (Å²) < 4.78 is 0. The first-order chi connectivity index (χ1) is 8.15. The molecule has 0 spiro atoms. The average Bonchev–Trinajstić information content (AvgIpc) is 2.33. The van der Waals surface area contributed by atoms with Crippen molar-refractivity contribution in [1.29, 1.82) is 0 Å². The van der Waals surface area contributed by atoms with Crippen molar-refractivity contribution >= 4 is 11.8 Å². The molecule has 0 atom stereocenters. The van der Waals surface area contributed by atoms with Crippen LogP contribution in [0.4, 0.5) is 0 Å². The van der Waals surface area contributed by atoms with Gasteiger partial charge in [0.1, 0.15) is 0 Å². The fraction of sp³-hybridized carbons (Fsp3) is 0.833. The van der Waals surface area contributed by atoms with Gasteiger partial charge in [0.2, 0.25) is 11.8 Å². The summed E-state index contributed by atoms with van der Waals surface area (Å²) >= 11 is 0. The molecule has 17 heavy (non-hydrogen) atoms. The molecule has 0 heterocycles. The molecule has 5 nitrogen and oxygen atoms in total. The van der Waals surface area contributed by atoms with Crippen molar-refractivity contribution in [3.05, 3.63) is 0 Å². The highest BCUT2D eigenvalue weighted by atomic mass is 16.2. The van der Waals surface area contributed by atoms with Crippen LogP contribution in [0.15, 0.2) is 0 Å². The third-order valence-corrected chi connectivity index (χ3v) is 2.61. The van der Waals surface area contributed by atoms with E-state index in [0.717, 1.165) is 13.1 Å². The fourth-order valence-corrected chi connectivity index (χ4v) is 1.55. The van der Waals surface area contributed by atoms with Gasteiger partial charge in [-0.2, -0.15) is 0 Å². The van der Waals surface area contributed by atoms with Crippen LogP contribution < -0.4 is 11.1 Å². The SMILES string of the molecule is CCN(CC)C(=O)CCCNC(=O)CCCN.